The van der Waals surface area contributed by atoms with Crippen molar-refractivity contribution in [1.29, 1.82) is 0 Å². The summed E-state index contributed by atoms with van der Waals surface area (Å²) in [6, 6.07) is 10.5. The second kappa shape index (κ2) is 8.09. The zero-order valence-corrected chi connectivity index (χ0v) is 14.8. The summed E-state index contributed by atoms with van der Waals surface area (Å²) in [5.74, 6) is -1.09. The van der Waals surface area contributed by atoms with Gasteiger partial charge in [-0.2, -0.15) is 0 Å². The Morgan fingerprint density at radius 3 is 2.16 bits per heavy atom. The van der Waals surface area contributed by atoms with Gasteiger partial charge in [-0.15, -0.1) is 0 Å². The Morgan fingerprint density at radius 2 is 1.68 bits per heavy atom. The van der Waals surface area contributed by atoms with Crippen LogP contribution in [0.15, 0.2) is 42.5 Å². The number of aliphatic carboxylic acids is 1. The molecule has 2 rings (SSSR count). The number of halogens is 2. The number of rotatable bonds is 6. The lowest BCUT2D eigenvalue weighted by Gasteiger charge is -2.21. The zero-order chi connectivity index (χ0) is 18.6. The van der Waals surface area contributed by atoms with Crippen molar-refractivity contribution in [3.63, 3.8) is 0 Å². The third-order valence-electron chi connectivity index (χ3n) is 3.34. The van der Waals surface area contributed by atoms with Gasteiger partial charge in [0.2, 0.25) is 0 Å². The van der Waals surface area contributed by atoms with Crippen molar-refractivity contribution < 1.29 is 19.4 Å². The molecule has 0 aromatic heterocycles. The molecule has 0 aliphatic heterocycles. The van der Waals surface area contributed by atoms with E-state index in [1.807, 2.05) is 0 Å². The summed E-state index contributed by atoms with van der Waals surface area (Å²) in [7, 11) is 0. The Labute approximate surface area is 154 Å². The lowest BCUT2D eigenvalue weighted by atomic mass is 10.2. The molecule has 2 aromatic carbocycles. The largest absolute Gasteiger partial charge is 0.493 e. The highest BCUT2D eigenvalue weighted by atomic mass is 35.5. The summed E-state index contributed by atoms with van der Waals surface area (Å²) < 4.78 is 5.41. The van der Waals surface area contributed by atoms with Crippen molar-refractivity contribution in [3.05, 3.63) is 52.5 Å². The fourth-order valence-corrected chi connectivity index (χ4v) is 2.57. The van der Waals surface area contributed by atoms with Crippen molar-refractivity contribution in [2.75, 3.05) is 11.5 Å². The lowest BCUT2D eigenvalue weighted by molar-refractivity contribution is -0.142. The number of anilines is 2. The van der Waals surface area contributed by atoms with Crippen LogP contribution in [-0.4, -0.2) is 23.7 Å². The first-order valence-corrected chi connectivity index (χ1v) is 8.05. The number of hydrogen-bond acceptors (Lipinski definition) is 3. The van der Waals surface area contributed by atoms with Gasteiger partial charge in [0.05, 0.1) is 17.3 Å². The van der Waals surface area contributed by atoms with Crippen molar-refractivity contribution in [3.8, 4) is 5.75 Å². The number of carbonyl (C=O) groups excluding carboxylic acids is 1. The lowest BCUT2D eigenvalue weighted by Crippen LogP contribution is -2.31. The average molecular weight is 383 g/mol. The molecule has 0 aliphatic rings. The molecule has 2 aromatic rings. The first kappa shape index (κ1) is 18.9. The van der Waals surface area contributed by atoms with Crippen LogP contribution in [0, 0.1) is 5.92 Å². The Bertz CT molecular complexity index is 760. The molecular formula is C17H16Cl2N2O4. The van der Waals surface area contributed by atoms with Gasteiger partial charge >= 0.3 is 12.0 Å². The fourth-order valence-electron chi connectivity index (χ4n) is 2.06. The van der Waals surface area contributed by atoms with E-state index in [4.69, 9.17) is 38.8 Å². The standard InChI is InChI=1S/C17H16Cl2N2O4/c1-10(16(22)23)9-25-15-4-2-13(3-5-15)21(17(20)24)14-7-11(18)6-12(19)8-14/h2-8,10H,9H2,1H3,(H2,20,24)(H,22,23). The number of benzene rings is 2. The smallest absolute Gasteiger partial charge is 0.323 e. The predicted molar refractivity (Wildman–Crippen MR) is 96.9 cm³/mol. The molecule has 8 heteroatoms. The molecule has 0 saturated heterocycles. The number of carboxylic acids is 1. The molecule has 0 bridgehead atoms. The molecule has 0 heterocycles. The number of nitrogens with zero attached hydrogens (tertiary/aromatic N) is 1. The number of carbonyl (C=O) groups is 2. The third-order valence-corrected chi connectivity index (χ3v) is 3.78. The van der Waals surface area contributed by atoms with Crippen LogP contribution >= 0.6 is 23.2 Å². The number of ether oxygens (including phenoxy) is 1. The molecule has 6 nitrogen and oxygen atoms in total. The van der Waals surface area contributed by atoms with E-state index in [1.165, 1.54) is 4.90 Å². The van der Waals surface area contributed by atoms with Crippen molar-refractivity contribution >= 4 is 46.6 Å². The number of primary amides is 1. The monoisotopic (exact) mass is 382 g/mol. The molecule has 0 spiro atoms. The molecule has 132 valence electrons. The van der Waals surface area contributed by atoms with Gasteiger partial charge in [-0.1, -0.05) is 23.2 Å². The van der Waals surface area contributed by atoms with Crippen LogP contribution in [0.3, 0.4) is 0 Å². The highest BCUT2D eigenvalue weighted by Crippen LogP contribution is 2.31. The van der Waals surface area contributed by atoms with Crippen LogP contribution < -0.4 is 15.4 Å². The van der Waals surface area contributed by atoms with E-state index < -0.39 is 17.9 Å². The molecule has 0 saturated carbocycles. The van der Waals surface area contributed by atoms with E-state index in [0.29, 0.717) is 27.2 Å². The predicted octanol–water partition coefficient (Wildman–Crippen LogP) is 4.31. The minimum atomic E-state index is -0.936. The maximum Gasteiger partial charge on any atom is 0.323 e. The van der Waals surface area contributed by atoms with Gasteiger partial charge in [0, 0.05) is 10.0 Å². The molecule has 3 N–H and O–H groups in total. The average Bonchev–Trinajstić information content (AvgIpc) is 2.52. The fraction of sp³-hybridized carbons (Fsp3) is 0.176. The molecule has 0 aliphatic carbocycles. The molecule has 0 fully saturated rings. The summed E-state index contributed by atoms with van der Waals surface area (Å²) >= 11 is 12.0. The van der Waals surface area contributed by atoms with Crippen LogP contribution in [-0.2, 0) is 4.79 Å². The molecule has 1 unspecified atom stereocenters. The van der Waals surface area contributed by atoms with Gasteiger partial charge in [-0.3, -0.25) is 9.69 Å². The number of hydrogen-bond donors (Lipinski definition) is 2. The SMILES string of the molecule is CC(COc1ccc(N(C(N)=O)c2cc(Cl)cc(Cl)c2)cc1)C(=O)O. The van der Waals surface area contributed by atoms with Crippen molar-refractivity contribution in [2.24, 2.45) is 11.7 Å². The third kappa shape index (κ3) is 5.01. The first-order chi connectivity index (χ1) is 11.8. The van der Waals surface area contributed by atoms with Crippen LogP contribution in [0.1, 0.15) is 6.92 Å². The number of nitrogens with two attached hydrogens (primary N) is 1. The van der Waals surface area contributed by atoms with E-state index in [2.05, 4.69) is 0 Å². The Morgan fingerprint density at radius 1 is 1.12 bits per heavy atom. The minimum absolute atomic E-state index is 0.0398. The van der Waals surface area contributed by atoms with Gasteiger partial charge in [-0.25, -0.2) is 4.79 Å². The number of carboxylic acid groups (broad SMARTS) is 1. The van der Waals surface area contributed by atoms with E-state index in [0.717, 1.165) is 0 Å². The molecular weight excluding hydrogens is 367 g/mol. The maximum atomic E-state index is 11.9. The molecule has 0 radical (unpaired) electrons. The Kier molecular flexibility index (Phi) is 6.12. The summed E-state index contributed by atoms with van der Waals surface area (Å²) in [6.45, 7) is 1.59. The quantitative estimate of drug-likeness (QED) is 0.778. The topological polar surface area (TPSA) is 92.9 Å². The van der Waals surface area contributed by atoms with E-state index in [1.54, 1.807) is 49.4 Å². The second-order valence-corrected chi connectivity index (χ2v) is 6.22. The summed E-state index contributed by atoms with van der Waals surface area (Å²) in [4.78, 5) is 23.9. The van der Waals surface area contributed by atoms with E-state index in [-0.39, 0.29) is 6.61 Å². The zero-order valence-electron chi connectivity index (χ0n) is 13.3. The summed E-state index contributed by atoms with van der Waals surface area (Å²) in [5.41, 5.74) is 6.39. The van der Waals surface area contributed by atoms with Crippen LogP contribution in [0.4, 0.5) is 16.2 Å². The summed E-state index contributed by atoms with van der Waals surface area (Å²) in [6.07, 6.45) is 0. The molecule has 25 heavy (non-hydrogen) atoms. The number of amides is 2. The van der Waals surface area contributed by atoms with Crippen molar-refractivity contribution in [1.82, 2.24) is 0 Å². The van der Waals surface area contributed by atoms with Crippen LogP contribution in [0.5, 0.6) is 5.75 Å². The van der Waals surface area contributed by atoms with Crippen LogP contribution in [0.25, 0.3) is 0 Å². The summed E-state index contributed by atoms with van der Waals surface area (Å²) in [5, 5.41) is 9.59. The van der Waals surface area contributed by atoms with E-state index in [9.17, 15) is 9.59 Å². The maximum absolute atomic E-state index is 11.9. The highest BCUT2D eigenvalue weighted by Gasteiger charge is 2.17. The van der Waals surface area contributed by atoms with Gasteiger partial charge in [0.1, 0.15) is 12.4 Å². The molecule has 1 atom stereocenters. The molecule has 2 amide bonds. The Hall–Kier alpha value is -2.44. The number of urea groups is 1. The van der Waals surface area contributed by atoms with Crippen molar-refractivity contribution in [2.45, 2.75) is 6.92 Å². The highest BCUT2D eigenvalue weighted by molar-refractivity contribution is 6.35. The first-order valence-electron chi connectivity index (χ1n) is 7.29. The van der Waals surface area contributed by atoms with Gasteiger partial charge in [0.25, 0.3) is 0 Å². The van der Waals surface area contributed by atoms with Gasteiger partial charge in [0.15, 0.2) is 0 Å². The van der Waals surface area contributed by atoms with Gasteiger partial charge in [-0.05, 0) is 49.4 Å². The second-order valence-electron chi connectivity index (χ2n) is 5.35. The van der Waals surface area contributed by atoms with E-state index >= 15 is 0 Å². The van der Waals surface area contributed by atoms with Gasteiger partial charge < -0.3 is 15.6 Å². The Balaban J connectivity index is 2.22. The van der Waals surface area contributed by atoms with Crippen LogP contribution in [0.2, 0.25) is 10.0 Å². The minimum Gasteiger partial charge on any atom is -0.493 e. The normalized spacial score (nSPS) is 11.6.